The lowest BCUT2D eigenvalue weighted by Gasteiger charge is -2.30. The summed E-state index contributed by atoms with van der Waals surface area (Å²) in [6, 6.07) is 5.55. The van der Waals surface area contributed by atoms with Crippen LogP contribution in [0.3, 0.4) is 0 Å². The molecule has 3 nitrogen and oxygen atoms in total. The molecule has 1 aromatic rings. The molecule has 4 heteroatoms. The van der Waals surface area contributed by atoms with Crippen LogP contribution in [-0.2, 0) is 0 Å². The molecule has 0 aliphatic carbocycles. The highest BCUT2D eigenvalue weighted by atomic mass is 19.1. The van der Waals surface area contributed by atoms with Gasteiger partial charge in [0.1, 0.15) is 5.82 Å². The Balaban J connectivity index is 3.09. The first kappa shape index (κ1) is 17.9. The van der Waals surface area contributed by atoms with Crippen LogP contribution >= 0.6 is 0 Å². The molecule has 1 unspecified atom stereocenters. The molecule has 0 saturated carbocycles. The van der Waals surface area contributed by atoms with Gasteiger partial charge in [0.2, 0.25) is 0 Å². The van der Waals surface area contributed by atoms with Crippen LogP contribution in [0.15, 0.2) is 18.2 Å². The standard InChI is InChI=1S/C17H30FN3/c1-6-11-21(13-12-20(4)5)17-15(14(3)19-7-2)9-8-10-16(17)18/h8-10,14,19H,6-7,11-13H2,1-5H3. The number of benzene rings is 1. The molecule has 0 aromatic heterocycles. The summed E-state index contributed by atoms with van der Waals surface area (Å²) in [6.45, 7) is 9.82. The molecule has 0 amide bonds. The summed E-state index contributed by atoms with van der Waals surface area (Å²) in [5.41, 5.74) is 1.80. The minimum Gasteiger partial charge on any atom is -0.368 e. The quantitative estimate of drug-likeness (QED) is 0.754. The van der Waals surface area contributed by atoms with Crippen molar-refractivity contribution < 1.29 is 4.39 Å². The molecular weight excluding hydrogens is 265 g/mol. The van der Waals surface area contributed by atoms with Crippen LogP contribution in [0.2, 0.25) is 0 Å². The second kappa shape index (κ2) is 9.00. The first-order valence-corrected chi connectivity index (χ1v) is 7.92. The molecular formula is C17H30FN3. The summed E-state index contributed by atoms with van der Waals surface area (Å²) in [7, 11) is 4.10. The predicted molar refractivity (Wildman–Crippen MR) is 89.5 cm³/mol. The van der Waals surface area contributed by atoms with Gasteiger partial charge in [0.05, 0.1) is 5.69 Å². The minimum absolute atomic E-state index is 0.121. The van der Waals surface area contributed by atoms with Crippen LogP contribution in [0.25, 0.3) is 0 Å². The van der Waals surface area contributed by atoms with Crippen molar-refractivity contribution in [3.05, 3.63) is 29.6 Å². The fourth-order valence-electron chi connectivity index (χ4n) is 2.56. The zero-order valence-corrected chi connectivity index (χ0v) is 14.1. The summed E-state index contributed by atoms with van der Waals surface area (Å²) in [4.78, 5) is 4.31. The van der Waals surface area contributed by atoms with Crippen molar-refractivity contribution in [1.82, 2.24) is 10.2 Å². The molecule has 1 aromatic carbocycles. The molecule has 1 atom stereocenters. The van der Waals surface area contributed by atoms with Gasteiger partial charge < -0.3 is 15.1 Å². The van der Waals surface area contributed by atoms with E-state index in [-0.39, 0.29) is 11.9 Å². The second-order valence-electron chi connectivity index (χ2n) is 5.75. The second-order valence-corrected chi connectivity index (χ2v) is 5.75. The van der Waals surface area contributed by atoms with Crippen LogP contribution in [0.5, 0.6) is 0 Å². The zero-order valence-electron chi connectivity index (χ0n) is 14.1. The van der Waals surface area contributed by atoms with Gasteiger partial charge in [0.15, 0.2) is 0 Å². The molecule has 21 heavy (non-hydrogen) atoms. The Bertz CT molecular complexity index is 420. The van der Waals surface area contributed by atoms with Gasteiger partial charge in [-0.3, -0.25) is 0 Å². The number of anilines is 1. The zero-order chi connectivity index (χ0) is 15.8. The third-order valence-corrected chi connectivity index (χ3v) is 3.62. The first-order valence-electron chi connectivity index (χ1n) is 7.92. The van der Waals surface area contributed by atoms with Crippen LogP contribution in [0.1, 0.15) is 38.8 Å². The van der Waals surface area contributed by atoms with Gasteiger partial charge in [-0.2, -0.15) is 0 Å². The van der Waals surface area contributed by atoms with Gasteiger partial charge in [0.25, 0.3) is 0 Å². The number of halogens is 1. The van der Waals surface area contributed by atoms with E-state index in [1.54, 1.807) is 12.1 Å². The lowest BCUT2D eigenvalue weighted by atomic mass is 10.0. The van der Waals surface area contributed by atoms with E-state index in [9.17, 15) is 4.39 Å². The maximum atomic E-state index is 14.5. The van der Waals surface area contributed by atoms with E-state index in [2.05, 4.69) is 35.9 Å². The van der Waals surface area contributed by atoms with E-state index in [1.807, 2.05) is 20.2 Å². The van der Waals surface area contributed by atoms with Gasteiger partial charge in [-0.15, -0.1) is 0 Å². The third-order valence-electron chi connectivity index (χ3n) is 3.62. The van der Waals surface area contributed by atoms with Crippen LogP contribution in [-0.4, -0.2) is 45.2 Å². The van der Waals surface area contributed by atoms with Crippen molar-refractivity contribution in [2.45, 2.75) is 33.2 Å². The largest absolute Gasteiger partial charge is 0.368 e. The van der Waals surface area contributed by atoms with E-state index >= 15 is 0 Å². The summed E-state index contributed by atoms with van der Waals surface area (Å²) >= 11 is 0. The monoisotopic (exact) mass is 295 g/mol. The number of rotatable bonds is 9. The Kier molecular flexibility index (Phi) is 7.68. The lowest BCUT2D eigenvalue weighted by Crippen LogP contribution is -2.34. The number of nitrogens with one attached hydrogen (secondary N) is 1. The maximum absolute atomic E-state index is 14.5. The Morgan fingerprint density at radius 1 is 1.14 bits per heavy atom. The number of para-hydroxylation sites is 1. The maximum Gasteiger partial charge on any atom is 0.146 e. The predicted octanol–water partition coefficient (Wildman–Crippen LogP) is 3.27. The molecule has 1 N–H and O–H groups in total. The normalized spacial score (nSPS) is 12.7. The Morgan fingerprint density at radius 2 is 1.86 bits per heavy atom. The molecule has 0 radical (unpaired) electrons. The van der Waals surface area contributed by atoms with E-state index in [1.165, 1.54) is 0 Å². The molecule has 0 bridgehead atoms. The number of hydrogen-bond acceptors (Lipinski definition) is 3. The van der Waals surface area contributed by atoms with Gasteiger partial charge in [-0.25, -0.2) is 4.39 Å². The number of hydrogen-bond donors (Lipinski definition) is 1. The number of likely N-dealkylation sites (N-methyl/N-ethyl adjacent to an activating group) is 1. The van der Waals surface area contributed by atoms with Gasteiger partial charge in [0, 0.05) is 25.7 Å². The summed E-state index contributed by atoms with van der Waals surface area (Å²) < 4.78 is 14.5. The van der Waals surface area contributed by atoms with E-state index in [0.717, 1.165) is 43.9 Å². The third kappa shape index (κ3) is 5.29. The van der Waals surface area contributed by atoms with Gasteiger partial charge in [-0.1, -0.05) is 26.0 Å². The highest BCUT2D eigenvalue weighted by Crippen LogP contribution is 2.29. The first-order chi connectivity index (χ1) is 10.0. The smallest absolute Gasteiger partial charge is 0.146 e. The minimum atomic E-state index is -0.121. The molecule has 120 valence electrons. The molecule has 0 aliphatic rings. The van der Waals surface area contributed by atoms with Crippen molar-refractivity contribution in [3.8, 4) is 0 Å². The summed E-state index contributed by atoms with van der Waals surface area (Å²) in [6.07, 6.45) is 1.01. The van der Waals surface area contributed by atoms with Crippen LogP contribution in [0, 0.1) is 5.82 Å². The average Bonchev–Trinajstić information content (AvgIpc) is 2.43. The van der Waals surface area contributed by atoms with E-state index in [0.29, 0.717) is 0 Å². The Labute approximate surface area is 129 Å². The Morgan fingerprint density at radius 3 is 2.43 bits per heavy atom. The fourth-order valence-corrected chi connectivity index (χ4v) is 2.56. The van der Waals surface area contributed by atoms with Crippen molar-refractivity contribution in [2.75, 3.05) is 45.2 Å². The summed E-state index contributed by atoms with van der Waals surface area (Å²) in [5.74, 6) is -0.121. The fraction of sp³-hybridized carbons (Fsp3) is 0.647. The highest BCUT2D eigenvalue weighted by molar-refractivity contribution is 5.56. The van der Waals surface area contributed by atoms with Crippen molar-refractivity contribution in [3.63, 3.8) is 0 Å². The lowest BCUT2D eigenvalue weighted by molar-refractivity contribution is 0.411. The molecule has 0 fully saturated rings. The van der Waals surface area contributed by atoms with Crippen LogP contribution in [0.4, 0.5) is 10.1 Å². The van der Waals surface area contributed by atoms with Crippen LogP contribution < -0.4 is 10.2 Å². The van der Waals surface area contributed by atoms with Crippen molar-refractivity contribution in [1.29, 1.82) is 0 Å². The van der Waals surface area contributed by atoms with Gasteiger partial charge >= 0.3 is 0 Å². The van der Waals surface area contributed by atoms with E-state index in [4.69, 9.17) is 0 Å². The highest BCUT2D eigenvalue weighted by Gasteiger charge is 2.19. The van der Waals surface area contributed by atoms with Crippen molar-refractivity contribution in [2.24, 2.45) is 0 Å². The summed E-state index contributed by atoms with van der Waals surface area (Å²) in [5, 5.41) is 3.39. The molecule has 1 rings (SSSR count). The van der Waals surface area contributed by atoms with E-state index < -0.39 is 0 Å². The molecule has 0 heterocycles. The average molecular weight is 295 g/mol. The van der Waals surface area contributed by atoms with Gasteiger partial charge in [-0.05, 0) is 45.6 Å². The number of nitrogens with zero attached hydrogens (tertiary/aromatic N) is 2. The molecule has 0 spiro atoms. The molecule has 0 aliphatic heterocycles. The topological polar surface area (TPSA) is 18.5 Å². The molecule has 0 saturated heterocycles. The SMILES string of the molecule is CCCN(CCN(C)C)c1c(F)cccc1C(C)NCC. The Hall–Kier alpha value is -1.13. The van der Waals surface area contributed by atoms with Crippen molar-refractivity contribution >= 4 is 5.69 Å².